The molecule has 142 valence electrons. The Bertz CT molecular complexity index is 333. The Kier molecular flexibility index (Phi) is 8.44. The summed E-state index contributed by atoms with van der Waals surface area (Å²) in [6.45, 7) is 13.3. The van der Waals surface area contributed by atoms with Gasteiger partial charge in [-0.3, -0.25) is 0 Å². The molecule has 2 saturated heterocycles. The van der Waals surface area contributed by atoms with E-state index in [1.165, 1.54) is 12.8 Å². The Morgan fingerprint density at radius 3 is 1.83 bits per heavy atom. The lowest BCUT2D eigenvalue weighted by molar-refractivity contribution is -0.173. The van der Waals surface area contributed by atoms with E-state index >= 15 is 0 Å². The van der Waals surface area contributed by atoms with E-state index in [4.69, 9.17) is 23.7 Å². The third kappa shape index (κ3) is 5.67. The molecule has 2 heterocycles. The van der Waals surface area contributed by atoms with Crippen LogP contribution < -0.4 is 0 Å². The van der Waals surface area contributed by atoms with Gasteiger partial charge in [0.15, 0.2) is 0 Å². The Labute approximate surface area is 147 Å². The molecule has 0 amide bonds. The zero-order valence-electron chi connectivity index (χ0n) is 15.8. The highest BCUT2D eigenvalue weighted by atomic mass is 16.6. The number of rotatable bonds is 14. The molecule has 5 heteroatoms. The van der Waals surface area contributed by atoms with Crippen molar-refractivity contribution in [1.82, 2.24) is 0 Å². The van der Waals surface area contributed by atoms with Crippen molar-refractivity contribution in [3.63, 3.8) is 0 Å². The normalized spacial score (nSPS) is 22.6. The predicted molar refractivity (Wildman–Crippen MR) is 93.4 cm³/mol. The van der Waals surface area contributed by atoms with Gasteiger partial charge < -0.3 is 23.7 Å². The maximum Gasteiger partial charge on any atom is 0.104 e. The van der Waals surface area contributed by atoms with Crippen molar-refractivity contribution < 1.29 is 23.7 Å². The summed E-state index contributed by atoms with van der Waals surface area (Å²) < 4.78 is 28.6. The van der Waals surface area contributed by atoms with Crippen LogP contribution in [0, 0.1) is 10.8 Å². The first kappa shape index (κ1) is 20.1. The molecule has 2 fully saturated rings. The maximum atomic E-state index is 5.99. The van der Waals surface area contributed by atoms with Crippen molar-refractivity contribution in [2.24, 2.45) is 10.8 Å². The molecule has 1 atom stereocenters. The van der Waals surface area contributed by atoms with Gasteiger partial charge >= 0.3 is 0 Å². The fourth-order valence-corrected chi connectivity index (χ4v) is 3.24. The Balaban J connectivity index is 1.67. The molecular formula is C19H36O5. The van der Waals surface area contributed by atoms with Crippen LogP contribution in [-0.4, -0.2) is 65.6 Å². The molecule has 0 N–H and O–H groups in total. The van der Waals surface area contributed by atoms with E-state index in [0.717, 1.165) is 59.1 Å². The fourth-order valence-electron chi connectivity index (χ4n) is 3.24. The van der Waals surface area contributed by atoms with Crippen LogP contribution in [0.3, 0.4) is 0 Å². The van der Waals surface area contributed by atoms with E-state index in [9.17, 15) is 0 Å². The molecule has 0 aromatic heterocycles. The van der Waals surface area contributed by atoms with Gasteiger partial charge in [-0.1, -0.05) is 27.2 Å². The van der Waals surface area contributed by atoms with Crippen molar-refractivity contribution >= 4 is 0 Å². The Hall–Kier alpha value is -0.200. The van der Waals surface area contributed by atoms with Crippen LogP contribution in [0.2, 0.25) is 0 Å². The summed E-state index contributed by atoms with van der Waals surface area (Å²) in [7, 11) is 0. The van der Waals surface area contributed by atoms with Gasteiger partial charge in [0.1, 0.15) is 6.10 Å². The van der Waals surface area contributed by atoms with Gasteiger partial charge in [0.2, 0.25) is 0 Å². The predicted octanol–water partition coefficient (Wildman–Crippen LogP) is 3.06. The summed E-state index contributed by atoms with van der Waals surface area (Å²) in [5.41, 5.74) is 0.463. The van der Waals surface area contributed by atoms with Crippen molar-refractivity contribution in [3.8, 4) is 0 Å². The topological polar surface area (TPSA) is 46.2 Å². The van der Waals surface area contributed by atoms with Gasteiger partial charge in [0.05, 0.1) is 52.9 Å². The van der Waals surface area contributed by atoms with E-state index in [2.05, 4.69) is 20.8 Å². The highest BCUT2D eigenvalue weighted by Crippen LogP contribution is 2.33. The Morgan fingerprint density at radius 1 is 0.833 bits per heavy atom. The summed E-state index contributed by atoms with van der Waals surface area (Å²) in [4.78, 5) is 0. The van der Waals surface area contributed by atoms with Crippen LogP contribution in [0.5, 0.6) is 0 Å². The maximum absolute atomic E-state index is 5.99. The van der Waals surface area contributed by atoms with Crippen LogP contribution in [0.1, 0.15) is 46.5 Å². The third-order valence-electron chi connectivity index (χ3n) is 5.14. The first-order chi connectivity index (χ1) is 11.7. The number of hydrogen-bond acceptors (Lipinski definition) is 5. The minimum atomic E-state index is 0.0134. The van der Waals surface area contributed by atoms with Crippen molar-refractivity contribution in [1.29, 1.82) is 0 Å². The second-order valence-electron chi connectivity index (χ2n) is 7.61. The lowest BCUT2D eigenvalue weighted by Crippen LogP contribution is -2.47. The lowest BCUT2D eigenvalue weighted by Gasteiger charge is -2.41. The second-order valence-corrected chi connectivity index (χ2v) is 7.61. The zero-order chi connectivity index (χ0) is 17.3. The largest absolute Gasteiger partial charge is 0.380 e. The number of hydrogen-bond donors (Lipinski definition) is 0. The highest BCUT2D eigenvalue weighted by molar-refractivity contribution is 4.85. The first-order valence-electron chi connectivity index (χ1n) is 9.60. The molecule has 24 heavy (non-hydrogen) atoms. The van der Waals surface area contributed by atoms with Crippen molar-refractivity contribution in [2.45, 2.75) is 52.6 Å². The summed E-state index contributed by atoms with van der Waals surface area (Å²) >= 11 is 0. The minimum Gasteiger partial charge on any atom is -0.380 e. The molecule has 2 aliphatic heterocycles. The highest BCUT2D eigenvalue weighted by Gasteiger charge is 2.38. The van der Waals surface area contributed by atoms with Gasteiger partial charge in [-0.2, -0.15) is 0 Å². The first-order valence-corrected chi connectivity index (χ1v) is 9.60. The van der Waals surface area contributed by atoms with Crippen LogP contribution in [0.15, 0.2) is 0 Å². The molecule has 0 spiro atoms. The zero-order valence-corrected chi connectivity index (χ0v) is 15.8. The van der Waals surface area contributed by atoms with E-state index in [1.54, 1.807) is 0 Å². The van der Waals surface area contributed by atoms with Crippen LogP contribution in [0.4, 0.5) is 0 Å². The second kappa shape index (κ2) is 10.1. The van der Waals surface area contributed by atoms with E-state index < -0.39 is 0 Å². The summed E-state index contributed by atoms with van der Waals surface area (Å²) in [5, 5.41) is 0. The summed E-state index contributed by atoms with van der Waals surface area (Å²) in [5.74, 6) is 0. The van der Waals surface area contributed by atoms with Crippen molar-refractivity contribution in [2.75, 3.05) is 59.5 Å². The summed E-state index contributed by atoms with van der Waals surface area (Å²) in [6, 6.07) is 0. The van der Waals surface area contributed by atoms with Crippen molar-refractivity contribution in [3.05, 3.63) is 0 Å². The van der Waals surface area contributed by atoms with Gasteiger partial charge in [-0.25, -0.2) is 0 Å². The van der Waals surface area contributed by atoms with E-state index in [0.29, 0.717) is 13.2 Å². The molecule has 0 bridgehead atoms. The minimum absolute atomic E-state index is 0.0134. The lowest BCUT2D eigenvalue weighted by atomic mass is 9.82. The quantitative estimate of drug-likeness (QED) is 0.485. The standard InChI is InChI=1S/C19H36O5/c1-4-7-19(15-23-16-19)14-21-10-17(24-8-5-2)9-20-11-18(6-3)12-22-13-18/h17H,4-16H2,1-3H3. The van der Waals surface area contributed by atoms with Gasteiger partial charge in [-0.05, 0) is 19.3 Å². The smallest absolute Gasteiger partial charge is 0.104 e. The Morgan fingerprint density at radius 2 is 1.42 bits per heavy atom. The van der Waals surface area contributed by atoms with Gasteiger partial charge in [-0.15, -0.1) is 0 Å². The van der Waals surface area contributed by atoms with Gasteiger partial charge in [0.25, 0.3) is 0 Å². The van der Waals surface area contributed by atoms with Crippen LogP contribution >= 0.6 is 0 Å². The molecule has 2 aliphatic rings. The molecule has 0 radical (unpaired) electrons. The monoisotopic (exact) mass is 344 g/mol. The fraction of sp³-hybridized carbons (Fsp3) is 1.00. The van der Waals surface area contributed by atoms with Gasteiger partial charge in [0, 0.05) is 17.4 Å². The molecule has 0 saturated carbocycles. The van der Waals surface area contributed by atoms with E-state index in [1.807, 2.05) is 0 Å². The summed E-state index contributed by atoms with van der Waals surface area (Å²) in [6.07, 6.45) is 4.47. The molecule has 2 rings (SSSR count). The number of ether oxygens (including phenoxy) is 5. The molecule has 1 unspecified atom stereocenters. The average Bonchev–Trinajstić information content (AvgIpc) is 2.52. The molecule has 5 nitrogen and oxygen atoms in total. The van der Waals surface area contributed by atoms with E-state index in [-0.39, 0.29) is 16.9 Å². The average molecular weight is 344 g/mol. The molecule has 0 aliphatic carbocycles. The third-order valence-corrected chi connectivity index (χ3v) is 5.14. The molecule has 0 aromatic rings. The van der Waals surface area contributed by atoms with Crippen LogP contribution in [0.25, 0.3) is 0 Å². The van der Waals surface area contributed by atoms with Crippen LogP contribution in [-0.2, 0) is 23.7 Å². The molecular weight excluding hydrogens is 308 g/mol. The molecule has 0 aromatic carbocycles. The SMILES string of the molecule is CCCOC(COCC1(CC)COC1)COCC1(CCC)COC1.